The van der Waals surface area contributed by atoms with Crippen LogP contribution >= 0.6 is 11.8 Å². The molecule has 1 aromatic heterocycles. The number of benzene rings is 1. The summed E-state index contributed by atoms with van der Waals surface area (Å²) < 4.78 is 0. The number of fused-ring (bicyclic) bond motifs is 1. The zero-order valence-corrected chi connectivity index (χ0v) is 11.2. The van der Waals surface area contributed by atoms with Gasteiger partial charge in [0.1, 0.15) is 11.4 Å². The van der Waals surface area contributed by atoms with Gasteiger partial charge in [-0.05, 0) is 24.0 Å². The Bertz CT molecular complexity index is 683. The number of hydrazone groups is 1. The maximum atomic E-state index is 11.1. The number of rotatable bonds is 2. The van der Waals surface area contributed by atoms with E-state index >= 15 is 0 Å². The molecule has 0 aliphatic carbocycles. The van der Waals surface area contributed by atoms with Crippen molar-refractivity contribution in [2.75, 3.05) is 6.26 Å². The Kier molecular flexibility index (Phi) is 3.16. The van der Waals surface area contributed by atoms with Crippen LogP contribution in [0.1, 0.15) is 18.4 Å². The predicted molar refractivity (Wildman–Crippen MR) is 75.2 cm³/mol. The second-order valence-corrected chi connectivity index (χ2v) is 5.00. The third-order valence-electron chi connectivity index (χ3n) is 3.03. The highest BCUT2D eigenvalue weighted by atomic mass is 32.2. The van der Waals surface area contributed by atoms with E-state index in [1.807, 2.05) is 24.5 Å². The van der Waals surface area contributed by atoms with Gasteiger partial charge in [-0.15, -0.1) is 11.8 Å². The molecule has 3 rings (SSSR count). The van der Waals surface area contributed by atoms with Gasteiger partial charge in [-0.25, -0.2) is 15.4 Å². The molecule has 5 nitrogen and oxygen atoms in total. The minimum Gasteiger partial charge on any atom is -0.273 e. The van der Waals surface area contributed by atoms with E-state index in [0.717, 1.165) is 27.2 Å². The average Bonchev–Trinajstić information content (AvgIpc) is 2.47. The third-order valence-corrected chi connectivity index (χ3v) is 3.74. The van der Waals surface area contributed by atoms with Crippen molar-refractivity contribution in [2.24, 2.45) is 5.10 Å². The van der Waals surface area contributed by atoms with E-state index in [1.54, 1.807) is 18.1 Å². The number of carbonyl (C=O) groups excluding carboxylic acids is 1. The van der Waals surface area contributed by atoms with E-state index in [2.05, 4.69) is 20.5 Å². The number of hydrogen-bond acceptors (Lipinski definition) is 5. The second-order valence-electron chi connectivity index (χ2n) is 4.21. The lowest BCUT2D eigenvalue weighted by Gasteiger charge is -2.12. The molecule has 1 N–H and O–H groups in total. The lowest BCUT2D eigenvalue weighted by molar-refractivity contribution is -0.121. The molecule has 19 heavy (non-hydrogen) atoms. The van der Waals surface area contributed by atoms with E-state index in [-0.39, 0.29) is 5.91 Å². The van der Waals surface area contributed by atoms with E-state index in [9.17, 15) is 4.79 Å². The van der Waals surface area contributed by atoms with Gasteiger partial charge in [0, 0.05) is 18.2 Å². The molecule has 0 bridgehead atoms. The summed E-state index contributed by atoms with van der Waals surface area (Å²) in [7, 11) is 0. The van der Waals surface area contributed by atoms with Crippen molar-refractivity contribution >= 4 is 34.3 Å². The molecule has 96 valence electrons. The van der Waals surface area contributed by atoms with Gasteiger partial charge in [0.2, 0.25) is 5.91 Å². The highest BCUT2D eigenvalue weighted by molar-refractivity contribution is 7.98. The topological polar surface area (TPSA) is 67.2 Å². The van der Waals surface area contributed by atoms with Crippen molar-refractivity contribution in [3.05, 3.63) is 30.1 Å². The van der Waals surface area contributed by atoms with Crippen LogP contribution in [-0.4, -0.2) is 27.8 Å². The van der Waals surface area contributed by atoms with Crippen molar-refractivity contribution < 1.29 is 4.79 Å². The number of carbonyl (C=O) groups is 1. The monoisotopic (exact) mass is 272 g/mol. The summed E-state index contributed by atoms with van der Waals surface area (Å²) in [6.07, 6.45) is 4.72. The number of amides is 1. The fraction of sp³-hybridized carbons (Fsp3) is 0.231. The molecule has 2 heterocycles. The number of hydrogen-bond donors (Lipinski definition) is 1. The smallest absolute Gasteiger partial charge is 0.240 e. The van der Waals surface area contributed by atoms with Gasteiger partial charge in [-0.2, -0.15) is 5.10 Å². The molecule has 0 saturated heterocycles. The minimum atomic E-state index is -0.0310. The molecular formula is C13H12N4OS. The van der Waals surface area contributed by atoms with Gasteiger partial charge in [0.15, 0.2) is 0 Å². The Labute approximate surface area is 114 Å². The van der Waals surface area contributed by atoms with E-state index < -0.39 is 0 Å². The first-order valence-corrected chi connectivity index (χ1v) is 7.15. The standard InChI is InChI=1S/C13H12N4OS/c1-19-13-9-3-2-8(6-11(9)14-7-15-13)10-4-5-12(18)17-16-10/h2-3,6-7H,4-5H2,1H3,(H,17,18). The maximum absolute atomic E-state index is 11.1. The van der Waals surface area contributed by atoms with Crippen LogP contribution in [0, 0.1) is 0 Å². The molecule has 1 amide bonds. The fourth-order valence-electron chi connectivity index (χ4n) is 2.06. The molecule has 6 heteroatoms. The maximum Gasteiger partial charge on any atom is 0.240 e. The highest BCUT2D eigenvalue weighted by Crippen LogP contribution is 2.24. The molecule has 1 aliphatic heterocycles. The molecule has 0 fully saturated rings. The summed E-state index contributed by atoms with van der Waals surface area (Å²) in [4.78, 5) is 19.6. The van der Waals surface area contributed by atoms with Crippen LogP contribution in [0.15, 0.2) is 34.7 Å². The summed E-state index contributed by atoms with van der Waals surface area (Å²) in [5.74, 6) is -0.0310. The van der Waals surface area contributed by atoms with Crippen LogP contribution in [0.25, 0.3) is 10.9 Å². The predicted octanol–water partition coefficient (Wildman–Crippen LogP) is 1.97. The fourth-order valence-corrected chi connectivity index (χ4v) is 2.60. The molecule has 0 radical (unpaired) electrons. The lowest BCUT2D eigenvalue weighted by Crippen LogP contribution is -2.25. The summed E-state index contributed by atoms with van der Waals surface area (Å²) in [5.41, 5.74) is 5.31. The van der Waals surface area contributed by atoms with Crippen molar-refractivity contribution in [2.45, 2.75) is 17.9 Å². The van der Waals surface area contributed by atoms with Gasteiger partial charge < -0.3 is 0 Å². The Hall–Kier alpha value is -1.95. The van der Waals surface area contributed by atoms with Crippen molar-refractivity contribution in [1.29, 1.82) is 0 Å². The van der Waals surface area contributed by atoms with Crippen molar-refractivity contribution in [3.63, 3.8) is 0 Å². The van der Waals surface area contributed by atoms with Gasteiger partial charge in [0.05, 0.1) is 11.2 Å². The van der Waals surface area contributed by atoms with Gasteiger partial charge in [0.25, 0.3) is 0 Å². The van der Waals surface area contributed by atoms with Crippen molar-refractivity contribution in [1.82, 2.24) is 15.4 Å². The quantitative estimate of drug-likeness (QED) is 0.670. The van der Waals surface area contributed by atoms with E-state index in [0.29, 0.717) is 12.8 Å². The van der Waals surface area contributed by atoms with Crippen LogP contribution in [0.2, 0.25) is 0 Å². The van der Waals surface area contributed by atoms with Crippen LogP contribution in [0.5, 0.6) is 0 Å². The zero-order chi connectivity index (χ0) is 13.2. The molecule has 0 spiro atoms. The average molecular weight is 272 g/mol. The number of thioether (sulfide) groups is 1. The summed E-state index contributed by atoms with van der Waals surface area (Å²) in [5, 5.41) is 6.11. The number of nitrogens with one attached hydrogen (secondary N) is 1. The minimum absolute atomic E-state index is 0.0310. The first-order valence-electron chi connectivity index (χ1n) is 5.92. The third kappa shape index (κ3) is 2.31. The normalized spacial score (nSPS) is 15.2. The summed E-state index contributed by atoms with van der Waals surface area (Å²) in [6, 6.07) is 6.00. The lowest BCUT2D eigenvalue weighted by atomic mass is 10.0. The first kappa shape index (κ1) is 12.1. The molecule has 1 aliphatic rings. The van der Waals surface area contributed by atoms with Crippen LogP contribution in [-0.2, 0) is 4.79 Å². The SMILES string of the molecule is CSc1ncnc2cc(C3=NNC(=O)CC3)ccc12. The zero-order valence-electron chi connectivity index (χ0n) is 10.4. The summed E-state index contributed by atoms with van der Waals surface area (Å²) >= 11 is 1.60. The highest BCUT2D eigenvalue weighted by Gasteiger charge is 2.14. The van der Waals surface area contributed by atoms with Crippen molar-refractivity contribution in [3.8, 4) is 0 Å². The molecule has 0 unspecified atom stereocenters. The first-order chi connectivity index (χ1) is 9.28. The number of aromatic nitrogens is 2. The number of nitrogens with zero attached hydrogens (tertiary/aromatic N) is 3. The van der Waals surface area contributed by atoms with E-state index in [4.69, 9.17) is 0 Å². The Morgan fingerprint density at radius 1 is 1.26 bits per heavy atom. The molecule has 0 saturated carbocycles. The van der Waals surface area contributed by atoms with Crippen LogP contribution in [0.4, 0.5) is 0 Å². The van der Waals surface area contributed by atoms with E-state index in [1.165, 1.54) is 0 Å². The Morgan fingerprint density at radius 3 is 2.89 bits per heavy atom. The molecular weight excluding hydrogens is 260 g/mol. The Morgan fingerprint density at radius 2 is 2.16 bits per heavy atom. The largest absolute Gasteiger partial charge is 0.273 e. The van der Waals surface area contributed by atoms with Gasteiger partial charge >= 0.3 is 0 Å². The van der Waals surface area contributed by atoms with Crippen LogP contribution in [0.3, 0.4) is 0 Å². The van der Waals surface area contributed by atoms with Gasteiger partial charge in [-0.1, -0.05) is 6.07 Å². The Balaban J connectivity index is 2.05. The summed E-state index contributed by atoms with van der Waals surface area (Å²) in [6.45, 7) is 0. The van der Waals surface area contributed by atoms with Gasteiger partial charge in [-0.3, -0.25) is 4.79 Å². The molecule has 2 aromatic rings. The second kappa shape index (κ2) is 4.97. The molecule has 0 atom stereocenters. The molecule has 1 aromatic carbocycles. The van der Waals surface area contributed by atoms with Crippen LogP contribution < -0.4 is 5.43 Å².